The fourth-order valence-corrected chi connectivity index (χ4v) is 2.41. The van der Waals surface area contributed by atoms with Gasteiger partial charge in [-0.25, -0.2) is 0 Å². The van der Waals surface area contributed by atoms with Crippen molar-refractivity contribution < 1.29 is 4.74 Å². The molecular formula is C12H15ClN4OS. The van der Waals surface area contributed by atoms with E-state index in [-0.39, 0.29) is 11.3 Å². The number of aryl methyl sites for hydroxylation is 1. The zero-order valence-electron chi connectivity index (χ0n) is 10.8. The molecule has 0 aliphatic rings. The van der Waals surface area contributed by atoms with Crippen LogP contribution in [0.5, 0.6) is 6.01 Å². The number of ether oxygens (including phenoxy) is 1. The highest BCUT2D eigenvalue weighted by Crippen LogP contribution is 2.17. The number of thiophene rings is 1. The lowest BCUT2D eigenvalue weighted by Gasteiger charge is -2.07. The van der Waals surface area contributed by atoms with Gasteiger partial charge in [0, 0.05) is 4.88 Å². The quantitative estimate of drug-likeness (QED) is 0.886. The van der Waals surface area contributed by atoms with Gasteiger partial charge >= 0.3 is 6.01 Å². The number of aromatic nitrogens is 3. The van der Waals surface area contributed by atoms with Crippen LogP contribution < -0.4 is 10.1 Å². The van der Waals surface area contributed by atoms with Gasteiger partial charge in [-0.1, -0.05) is 6.92 Å². The summed E-state index contributed by atoms with van der Waals surface area (Å²) in [5.74, 6) is 0.430. The largest absolute Gasteiger partial charge is 0.463 e. The molecule has 0 saturated carbocycles. The first-order valence-electron chi connectivity index (χ1n) is 6.00. The van der Waals surface area contributed by atoms with E-state index >= 15 is 0 Å². The molecule has 1 N–H and O–H groups in total. The standard InChI is InChI=1S/C12H15ClN4OS/c1-3-5-18-12-16-10(13)15-11(17-12)14-7-9-8(2)4-6-19-9/h4,6H,3,5,7H2,1-2H3,(H,14,15,16,17). The summed E-state index contributed by atoms with van der Waals surface area (Å²) in [7, 11) is 0. The van der Waals surface area contributed by atoms with Crippen LogP contribution in [0.15, 0.2) is 11.4 Å². The van der Waals surface area contributed by atoms with Gasteiger partial charge in [0.05, 0.1) is 13.2 Å². The molecule has 2 aromatic heterocycles. The molecule has 0 aliphatic heterocycles. The lowest BCUT2D eigenvalue weighted by atomic mass is 10.3. The van der Waals surface area contributed by atoms with E-state index in [1.807, 2.05) is 6.92 Å². The van der Waals surface area contributed by atoms with Crippen molar-refractivity contribution in [3.63, 3.8) is 0 Å². The minimum Gasteiger partial charge on any atom is -0.463 e. The molecule has 0 atom stereocenters. The SMILES string of the molecule is CCCOc1nc(Cl)nc(NCc2sccc2C)n1. The van der Waals surface area contributed by atoms with Crippen molar-refractivity contribution in [2.24, 2.45) is 0 Å². The Bertz CT molecular complexity index is 546. The summed E-state index contributed by atoms with van der Waals surface area (Å²) in [5, 5.41) is 5.32. The van der Waals surface area contributed by atoms with Crippen molar-refractivity contribution in [2.45, 2.75) is 26.8 Å². The topological polar surface area (TPSA) is 59.9 Å². The molecule has 19 heavy (non-hydrogen) atoms. The summed E-state index contributed by atoms with van der Waals surface area (Å²) in [5.41, 5.74) is 1.25. The molecule has 0 unspecified atom stereocenters. The van der Waals surface area contributed by atoms with E-state index in [9.17, 15) is 0 Å². The number of rotatable bonds is 6. The molecule has 0 spiro atoms. The predicted octanol–water partition coefficient (Wildman–Crippen LogP) is 3.30. The third-order valence-corrected chi connectivity index (χ3v) is 3.59. The molecular weight excluding hydrogens is 284 g/mol. The highest BCUT2D eigenvalue weighted by Gasteiger charge is 2.07. The molecule has 0 radical (unpaired) electrons. The summed E-state index contributed by atoms with van der Waals surface area (Å²) in [6, 6.07) is 2.34. The Morgan fingerprint density at radius 3 is 2.89 bits per heavy atom. The molecule has 0 saturated heterocycles. The van der Waals surface area contributed by atoms with E-state index in [4.69, 9.17) is 16.3 Å². The number of nitrogens with one attached hydrogen (secondary N) is 1. The van der Waals surface area contributed by atoms with E-state index in [0.717, 1.165) is 6.42 Å². The zero-order chi connectivity index (χ0) is 13.7. The van der Waals surface area contributed by atoms with E-state index in [0.29, 0.717) is 19.1 Å². The Morgan fingerprint density at radius 2 is 2.21 bits per heavy atom. The van der Waals surface area contributed by atoms with Gasteiger partial charge in [0.1, 0.15) is 0 Å². The van der Waals surface area contributed by atoms with Crippen LogP contribution in [-0.4, -0.2) is 21.6 Å². The third-order valence-electron chi connectivity index (χ3n) is 2.40. The van der Waals surface area contributed by atoms with Crippen molar-refractivity contribution in [3.05, 3.63) is 27.2 Å². The second-order valence-corrected chi connectivity index (χ2v) is 5.28. The molecule has 0 aromatic carbocycles. The lowest BCUT2D eigenvalue weighted by Crippen LogP contribution is -2.07. The third kappa shape index (κ3) is 4.04. The van der Waals surface area contributed by atoms with E-state index in [1.54, 1.807) is 11.3 Å². The van der Waals surface area contributed by atoms with E-state index < -0.39 is 0 Å². The number of hydrogen-bond acceptors (Lipinski definition) is 6. The van der Waals surface area contributed by atoms with Crippen molar-refractivity contribution in [3.8, 4) is 6.01 Å². The van der Waals surface area contributed by atoms with Crippen LogP contribution in [0.4, 0.5) is 5.95 Å². The van der Waals surface area contributed by atoms with Gasteiger partial charge in [0.25, 0.3) is 0 Å². The molecule has 2 aromatic rings. The molecule has 7 heteroatoms. The Kier molecular flexibility index (Phi) is 4.93. The number of halogens is 1. The highest BCUT2D eigenvalue weighted by molar-refractivity contribution is 7.10. The Labute approximate surface area is 121 Å². The molecule has 2 heterocycles. The Hall–Kier alpha value is -1.40. The number of anilines is 1. The van der Waals surface area contributed by atoms with Crippen LogP contribution in [0, 0.1) is 6.92 Å². The minimum absolute atomic E-state index is 0.131. The zero-order valence-corrected chi connectivity index (χ0v) is 12.4. The molecule has 0 aliphatic carbocycles. The molecule has 5 nitrogen and oxygen atoms in total. The molecule has 0 fully saturated rings. The van der Waals surface area contributed by atoms with Gasteiger partial charge in [-0.2, -0.15) is 15.0 Å². The first kappa shape index (κ1) is 14.0. The van der Waals surface area contributed by atoms with Gasteiger partial charge in [-0.05, 0) is 42.0 Å². The monoisotopic (exact) mass is 298 g/mol. The van der Waals surface area contributed by atoms with Gasteiger partial charge < -0.3 is 10.1 Å². The van der Waals surface area contributed by atoms with Crippen LogP contribution in [0.1, 0.15) is 23.8 Å². The van der Waals surface area contributed by atoms with Crippen LogP contribution in [0.25, 0.3) is 0 Å². The molecule has 2 rings (SSSR count). The molecule has 0 bridgehead atoms. The second kappa shape index (κ2) is 6.68. The van der Waals surface area contributed by atoms with Crippen molar-refractivity contribution in [1.29, 1.82) is 0 Å². The molecule has 102 valence electrons. The first-order valence-corrected chi connectivity index (χ1v) is 7.26. The Morgan fingerprint density at radius 1 is 1.37 bits per heavy atom. The van der Waals surface area contributed by atoms with Crippen LogP contribution in [0.3, 0.4) is 0 Å². The van der Waals surface area contributed by atoms with Crippen molar-refractivity contribution in [2.75, 3.05) is 11.9 Å². The fourth-order valence-electron chi connectivity index (χ4n) is 1.41. The van der Waals surface area contributed by atoms with Crippen LogP contribution in [-0.2, 0) is 6.54 Å². The fraction of sp³-hybridized carbons (Fsp3) is 0.417. The maximum atomic E-state index is 5.84. The first-order chi connectivity index (χ1) is 9.19. The van der Waals surface area contributed by atoms with E-state index in [2.05, 4.69) is 38.6 Å². The van der Waals surface area contributed by atoms with Crippen molar-refractivity contribution >= 4 is 28.9 Å². The lowest BCUT2D eigenvalue weighted by molar-refractivity contribution is 0.291. The summed E-state index contributed by atoms with van der Waals surface area (Å²) < 4.78 is 5.35. The van der Waals surface area contributed by atoms with Gasteiger partial charge in [0.2, 0.25) is 11.2 Å². The predicted molar refractivity (Wildman–Crippen MR) is 77.0 cm³/mol. The highest BCUT2D eigenvalue weighted by atomic mass is 35.5. The van der Waals surface area contributed by atoms with Crippen LogP contribution in [0.2, 0.25) is 5.28 Å². The van der Waals surface area contributed by atoms with Gasteiger partial charge in [0.15, 0.2) is 0 Å². The normalized spacial score (nSPS) is 10.5. The second-order valence-electron chi connectivity index (χ2n) is 3.94. The van der Waals surface area contributed by atoms with Gasteiger partial charge in [-0.3, -0.25) is 0 Å². The minimum atomic E-state index is 0.131. The summed E-state index contributed by atoms with van der Waals surface area (Å²) >= 11 is 7.53. The van der Waals surface area contributed by atoms with E-state index in [1.165, 1.54) is 10.4 Å². The Balaban J connectivity index is 2.03. The summed E-state index contributed by atoms with van der Waals surface area (Å²) in [6.07, 6.45) is 0.889. The summed E-state index contributed by atoms with van der Waals surface area (Å²) in [6.45, 7) is 5.31. The number of nitrogens with zero attached hydrogens (tertiary/aromatic N) is 3. The maximum absolute atomic E-state index is 5.84. The average Bonchev–Trinajstić information content (AvgIpc) is 2.79. The number of hydrogen-bond donors (Lipinski definition) is 1. The van der Waals surface area contributed by atoms with Gasteiger partial charge in [-0.15, -0.1) is 11.3 Å². The molecule has 0 amide bonds. The average molecular weight is 299 g/mol. The van der Waals surface area contributed by atoms with Crippen molar-refractivity contribution in [1.82, 2.24) is 15.0 Å². The summed E-state index contributed by atoms with van der Waals surface area (Å²) in [4.78, 5) is 13.4. The smallest absolute Gasteiger partial charge is 0.322 e. The van der Waals surface area contributed by atoms with Crippen LogP contribution >= 0.6 is 22.9 Å². The maximum Gasteiger partial charge on any atom is 0.322 e.